The summed E-state index contributed by atoms with van der Waals surface area (Å²) in [6, 6.07) is 7.76. The molecule has 0 aliphatic heterocycles. The molecular weight excluding hydrogens is 380 g/mol. The lowest BCUT2D eigenvalue weighted by molar-refractivity contribution is -0.120. The Morgan fingerprint density at radius 2 is 1.93 bits per heavy atom. The molecule has 0 saturated heterocycles. The zero-order chi connectivity index (χ0) is 22.1. The molecule has 2 amide bonds. The summed E-state index contributed by atoms with van der Waals surface area (Å²) in [4.78, 5) is 32.7. The van der Waals surface area contributed by atoms with Crippen LogP contribution in [0.2, 0.25) is 0 Å². The number of hydrogen-bond donors (Lipinski definition) is 4. The van der Waals surface area contributed by atoms with Crippen molar-refractivity contribution in [3.63, 3.8) is 0 Å². The minimum Gasteiger partial charge on any atom is -0.364 e. The summed E-state index contributed by atoms with van der Waals surface area (Å²) in [7, 11) is 1.73. The normalized spacial score (nSPS) is 10.8. The average molecular weight is 413 g/mol. The summed E-state index contributed by atoms with van der Waals surface area (Å²) in [6.45, 7) is 7.07. The first-order valence-electron chi connectivity index (χ1n) is 10.3. The first kappa shape index (κ1) is 23.3. The number of benzene rings is 1. The zero-order valence-corrected chi connectivity index (χ0v) is 18.2. The monoisotopic (exact) mass is 412 g/mol. The van der Waals surface area contributed by atoms with Gasteiger partial charge >= 0.3 is 0 Å². The summed E-state index contributed by atoms with van der Waals surface area (Å²) in [5.41, 5.74) is 9.22. The average Bonchev–Trinajstić information content (AvgIpc) is 2.68. The predicted octanol–water partition coefficient (Wildman–Crippen LogP) is 1.96. The highest BCUT2D eigenvalue weighted by Gasteiger charge is 2.18. The van der Waals surface area contributed by atoms with Gasteiger partial charge in [0.2, 0.25) is 5.91 Å². The molecule has 0 saturated carbocycles. The number of primary amides is 1. The number of likely N-dealkylation sites (N-methyl/N-ethyl adjacent to an activating group) is 1. The van der Waals surface area contributed by atoms with E-state index in [1.165, 1.54) is 0 Å². The summed E-state index contributed by atoms with van der Waals surface area (Å²) >= 11 is 0. The second kappa shape index (κ2) is 11.3. The molecule has 0 spiro atoms. The van der Waals surface area contributed by atoms with Crippen LogP contribution in [0.15, 0.2) is 24.3 Å². The third-order valence-electron chi connectivity index (χ3n) is 4.48. The van der Waals surface area contributed by atoms with Crippen molar-refractivity contribution in [1.82, 2.24) is 20.6 Å². The van der Waals surface area contributed by atoms with Crippen LogP contribution in [0.25, 0.3) is 0 Å². The van der Waals surface area contributed by atoms with Crippen LogP contribution in [0.3, 0.4) is 0 Å². The Hall–Kier alpha value is -3.00. The Morgan fingerprint density at radius 1 is 1.17 bits per heavy atom. The molecule has 0 bridgehead atoms. The van der Waals surface area contributed by atoms with Gasteiger partial charge in [-0.3, -0.25) is 9.59 Å². The van der Waals surface area contributed by atoms with Gasteiger partial charge in [-0.25, -0.2) is 9.97 Å². The number of rotatable bonds is 11. The highest BCUT2D eigenvalue weighted by atomic mass is 16.2. The van der Waals surface area contributed by atoms with E-state index in [0.29, 0.717) is 37.7 Å². The maximum absolute atomic E-state index is 12.0. The standard InChI is InChI=1S/C22H32N6O2/c1-5-17-18(11-14(2)3)28-22(20(27-17)21(23)30)26-16-8-6-7-15(12-16)9-10-25-19(29)13-24-4/h6-8,12,14,24H,5,9-11,13H2,1-4H3,(H2,23,30)(H,25,29)(H,26,28). The van der Waals surface area contributed by atoms with E-state index >= 15 is 0 Å². The minimum absolute atomic E-state index is 0.0400. The van der Waals surface area contributed by atoms with Crippen molar-refractivity contribution in [2.45, 2.75) is 40.0 Å². The quantitative estimate of drug-likeness (QED) is 0.448. The highest BCUT2D eigenvalue weighted by molar-refractivity contribution is 5.96. The Bertz CT molecular complexity index is 882. The Balaban J connectivity index is 2.22. The smallest absolute Gasteiger partial charge is 0.271 e. The van der Waals surface area contributed by atoms with E-state index < -0.39 is 5.91 Å². The van der Waals surface area contributed by atoms with Crippen LogP contribution < -0.4 is 21.7 Å². The fraction of sp³-hybridized carbons (Fsp3) is 0.455. The number of hydrogen-bond acceptors (Lipinski definition) is 6. The third-order valence-corrected chi connectivity index (χ3v) is 4.48. The van der Waals surface area contributed by atoms with Crippen molar-refractivity contribution in [3.05, 3.63) is 46.9 Å². The van der Waals surface area contributed by atoms with Crippen molar-refractivity contribution >= 4 is 23.3 Å². The highest BCUT2D eigenvalue weighted by Crippen LogP contribution is 2.22. The summed E-state index contributed by atoms with van der Waals surface area (Å²) in [5, 5.41) is 8.88. The van der Waals surface area contributed by atoms with Crippen molar-refractivity contribution in [1.29, 1.82) is 0 Å². The van der Waals surface area contributed by atoms with Crippen LogP contribution in [-0.4, -0.2) is 41.9 Å². The van der Waals surface area contributed by atoms with Gasteiger partial charge in [-0.05, 0) is 49.9 Å². The molecule has 8 heteroatoms. The Labute approximate surface area is 178 Å². The number of carbonyl (C=O) groups excluding carboxylic acids is 2. The maximum Gasteiger partial charge on any atom is 0.271 e. The molecule has 0 fully saturated rings. The van der Waals surface area contributed by atoms with Gasteiger partial charge < -0.3 is 21.7 Å². The van der Waals surface area contributed by atoms with E-state index in [2.05, 4.69) is 34.8 Å². The summed E-state index contributed by atoms with van der Waals surface area (Å²) in [6.07, 6.45) is 2.15. The van der Waals surface area contributed by atoms with Crippen LogP contribution >= 0.6 is 0 Å². The van der Waals surface area contributed by atoms with Gasteiger partial charge in [0.15, 0.2) is 11.5 Å². The van der Waals surface area contributed by atoms with E-state index in [0.717, 1.165) is 29.1 Å². The molecule has 0 aliphatic carbocycles. The number of aryl methyl sites for hydroxylation is 1. The maximum atomic E-state index is 12.0. The molecular formula is C22H32N6O2. The van der Waals surface area contributed by atoms with Gasteiger partial charge in [-0.1, -0.05) is 32.9 Å². The van der Waals surface area contributed by atoms with E-state index in [1.807, 2.05) is 31.2 Å². The number of anilines is 2. The van der Waals surface area contributed by atoms with Crippen LogP contribution in [-0.2, 0) is 24.1 Å². The number of nitrogens with zero attached hydrogens (tertiary/aromatic N) is 2. The van der Waals surface area contributed by atoms with Crippen molar-refractivity contribution in [3.8, 4) is 0 Å². The molecule has 0 atom stereocenters. The van der Waals surface area contributed by atoms with Gasteiger partial charge in [0.1, 0.15) is 0 Å². The lowest BCUT2D eigenvalue weighted by Crippen LogP contribution is -2.33. The molecule has 0 radical (unpaired) electrons. The molecule has 1 aromatic heterocycles. The van der Waals surface area contributed by atoms with E-state index in [9.17, 15) is 9.59 Å². The lowest BCUT2D eigenvalue weighted by atomic mass is 10.0. The van der Waals surface area contributed by atoms with Gasteiger partial charge in [-0.2, -0.15) is 0 Å². The zero-order valence-electron chi connectivity index (χ0n) is 18.2. The molecule has 30 heavy (non-hydrogen) atoms. The van der Waals surface area contributed by atoms with Crippen LogP contribution in [0.4, 0.5) is 11.5 Å². The number of nitrogens with one attached hydrogen (secondary N) is 3. The van der Waals surface area contributed by atoms with Gasteiger partial charge in [0.25, 0.3) is 5.91 Å². The SMILES string of the molecule is CCc1nc(C(N)=O)c(Nc2cccc(CCNC(=O)CNC)c2)nc1CC(C)C. The van der Waals surface area contributed by atoms with E-state index in [-0.39, 0.29) is 11.6 Å². The lowest BCUT2D eigenvalue weighted by Gasteiger charge is -2.15. The van der Waals surface area contributed by atoms with Crippen molar-refractivity contribution in [2.75, 3.05) is 25.5 Å². The summed E-state index contributed by atoms with van der Waals surface area (Å²) in [5.74, 6) is 0.134. The van der Waals surface area contributed by atoms with Gasteiger partial charge in [-0.15, -0.1) is 0 Å². The molecule has 2 aromatic rings. The van der Waals surface area contributed by atoms with Crippen LogP contribution in [0.5, 0.6) is 0 Å². The Kier molecular flexibility index (Phi) is 8.73. The predicted molar refractivity (Wildman–Crippen MR) is 119 cm³/mol. The van der Waals surface area contributed by atoms with E-state index in [4.69, 9.17) is 10.7 Å². The minimum atomic E-state index is -0.612. The first-order valence-corrected chi connectivity index (χ1v) is 10.3. The molecule has 0 unspecified atom stereocenters. The number of nitrogens with two attached hydrogens (primary N) is 1. The Morgan fingerprint density at radius 3 is 2.57 bits per heavy atom. The van der Waals surface area contributed by atoms with Gasteiger partial charge in [0.05, 0.1) is 17.9 Å². The largest absolute Gasteiger partial charge is 0.364 e. The number of aromatic nitrogens is 2. The molecule has 5 N–H and O–H groups in total. The van der Waals surface area contributed by atoms with Crippen molar-refractivity contribution in [2.24, 2.45) is 11.7 Å². The molecule has 2 rings (SSSR count). The van der Waals surface area contributed by atoms with Crippen LogP contribution in [0.1, 0.15) is 48.2 Å². The fourth-order valence-electron chi connectivity index (χ4n) is 3.11. The topological polar surface area (TPSA) is 122 Å². The van der Waals surface area contributed by atoms with E-state index in [1.54, 1.807) is 7.05 Å². The molecule has 0 aliphatic rings. The number of carbonyl (C=O) groups is 2. The second-order valence-electron chi connectivity index (χ2n) is 7.59. The third kappa shape index (κ3) is 6.81. The van der Waals surface area contributed by atoms with Gasteiger partial charge in [0, 0.05) is 12.2 Å². The first-order chi connectivity index (χ1) is 14.3. The number of amides is 2. The summed E-state index contributed by atoms with van der Waals surface area (Å²) < 4.78 is 0. The molecule has 162 valence electrons. The van der Waals surface area contributed by atoms with Crippen molar-refractivity contribution < 1.29 is 9.59 Å². The van der Waals surface area contributed by atoms with Crippen LogP contribution in [0, 0.1) is 5.92 Å². The second-order valence-corrected chi connectivity index (χ2v) is 7.59. The molecule has 8 nitrogen and oxygen atoms in total. The fourth-order valence-corrected chi connectivity index (χ4v) is 3.11. The molecule has 1 heterocycles. The molecule has 1 aromatic carbocycles.